The Bertz CT molecular complexity index is 421. The third-order valence-corrected chi connectivity index (χ3v) is 4.36. The van der Waals surface area contributed by atoms with E-state index in [1.807, 2.05) is 0 Å². The highest BCUT2D eigenvalue weighted by Gasteiger charge is 2.28. The molecule has 20 heavy (non-hydrogen) atoms. The van der Waals surface area contributed by atoms with Gasteiger partial charge in [-0.25, -0.2) is 0 Å². The van der Waals surface area contributed by atoms with E-state index in [0.29, 0.717) is 11.8 Å². The summed E-state index contributed by atoms with van der Waals surface area (Å²) < 4.78 is 5.40. The zero-order chi connectivity index (χ0) is 14.7. The smallest absolute Gasteiger partial charge is 0.243 e. The average Bonchev–Trinajstić information content (AvgIpc) is 2.85. The Hall–Kier alpha value is -0.980. The molecule has 0 spiro atoms. The van der Waals surface area contributed by atoms with E-state index >= 15 is 0 Å². The van der Waals surface area contributed by atoms with Gasteiger partial charge < -0.3 is 15.2 Å². The number of hydrogen-bond acceptors (Lipinski definition) is 6. The minimum Gasteiger partial charge on any atom is -0.338 e. The molecule has 3 unspecified atom stereocenters. The highest BCUT2D eigenvalue weighted by atomic mass is 16.5. The average molecular weight is 281 g/mol. The molecule has 1 aliphatic rings. The molecule has 1 aliphatic heterocycles. The van der Waals surface area contributed by atoms with Gasteiger partial charge in [-0.05, 0) is 39.5 Å². The van der Waals surface area contributed by atoms with Crippen LogP contribution in [0.1, 0.15) is 50.5 Å². The largest absolute Gasteiger partial charge is 0.338 e. The Kier molecular flexibility index (Phi) is 5.12. The molecule has 6 heteroatoms. The predicted molar refractivity (Wildman–Crippen MR) is 78.2 cm³/mol. The third kappa shape index (κ3) is 3.37. The van der Waals surface area contributed by atoms with Crippen molar-refractivity contribution in [3.8, 4) is 0 Å². The van der Waals surface area contributed by atoms with Crippen molar-refractivity contribution in [2.75, 3.05) is 33.7 Å². The Labute approximate surface area is 121 Å². The van der Waals surface area contributed by atoms with E-state index in [1.54, 1.807) is 0 Å². The van der Waals surface area contributed by atoms with Crippen molar-refractivity contribution in [1.29, 1.82) is 0 Å². The molecule has 114 valence electrons. The summed E-state index contributed by atoms with van der Waals surface area (Å²) in [6.45, 7) is 7.32. The standard InChI is InChI=1S/C14H27N5O/c1-5-10(2)12(15)14-16-13(17-20-14)11-9-18(3)7-6-8-19(11)4/h10-12H,5-9,15H2,1-4H3. The summed E-state index contributed by atoms with van der Waals surface area (Å²) in [5.41, 5.74) is 6.16. The van der Waals surface area contributed by atoms with Crippen molar-refractivity contribution < 1.29 is 4.52 Å². The predicted octanol–water partition coefficient (Wildman–Crippen LogP) is 1.42. The lowest BCUT2D eigenvalue weighted by Crippen LogP contribution is -2.31. The van der Waals surface area contributed by atoms with Crippen LogP contribution in [0.2, 0.25) is 0 Å². The molecule has 1 saturated heterocycles. The van der Waals surface area contributed by atoms with Crippen LogP contribution >= 0.6 is 0 Å². The van der Waals surface area contributed by atoms with E-state index in [4.69, 9.17) is 10.3 Å². The minimum absolute atomic E-state index is 0.171. The molecule has 2 rings (SSSR count). The normalized spacial score (nSPS) is 25.4. The first-order valence-corrected chi connectivity index (χ1v) is 7.50. The molecule has 2 N–H and O–H groups in total. The summed E-state index contributed by atoms with van der Waals surface area (Å²) in [5.74, 6) is 1.67. The summed E-state index contributed by atoms with van der Waals surface area (Å²) in [6, 6.07) is 0.0131. The molecule has 3 atom stereocenters. The van der Waals surface area contributed by atoms with Gasteiger partial charge in [-0.3, -0.25) is 4.90 Å². The molecule has 6 nitrogen and oxygen atoms in total. The maximum Gasteiger partial charge on any atom is 0.243 e. The van der Waals surface area contributed by atoms with Gasteiger partial charge in [-0.15, -0.1) is 0 Å². The monoisotopic (exact) mass is 281 g/mol. The summed E-state index contributed by atoms with van der Waals surface area (Å²) in [7, 11) is 4.26. The SMILES string of the molecule is CCC(C)C(N)c1nc(C2CN(C)CCCN2C)no1. The molecule has 1 aromatic heterocycles. The van der Waals surface area contributed by atoms with E-state index in [9.17, 15) is 0 Å². The molecule has 1 fully saturated rings. The minimum atomic E-state index is -0.171. The molecule has 1 aromatic rings. The van der Waals surface area contributed by atoms with Gasteiger partial charge in [0.05, 0.1) is 12.1 Å². The van der Waals surface area contributed by atoms with Crippen LogP contribution in [0.15, 0.2) is 4.52 Å². The van der Waals surface area contributed by atoms with E-state index in [0.717, 1.165) is 31.9 Å². The van der Waals surface area contributed by atoms with Crippen molar-refractivity contribution in [2.45, 2.75) is 38.8 Å². The van der Waals surface area contributed by atoms with E-state index in [1.165, 1.54) is 6.42 Å². The highest BCUT2D eigenvalue weighted by Crippen LogP contribution is 2.24. The zero-order valence-electron chi connectivity index (χ0n) is 13.0. The lowest BCUT2D eigenvalue weighted by molar-refractivity contribution is 0.214. The lowest BCUT2D eigenvalue weighted by Gasteiger charge is -2.24. The van der Waals surface area contributed by atoms with Gasteiger partial charge in [0, 0.05) is 6.54 Å². The first kappa shape index (κ1) is 15.4. The number of aromatic nitrogens is 2. The topological polar surface area (TPSA) is 71.4 Å². The van der Waals surface area contributed by atoms with Gasteiger partial charge in [-0.1, -0.05) is 25.4 Å². The number of hydrogen-bond donors (Lipinski definition) is 1. The Balaban J connectivity index is 2.14. The summed E-state index contributed by atoms with van der Waals surface area (Å²) >= 11 is 0. The van der Waals surface area contributed by atoms with Crippen LogP contribution in [-0.2, 0) is 0 Å². The van der Waals surface area contributed by atoms with Crippen molar-refractivity contribution in [1.82, 2.24) is 19.9 Å². The Morgan fingerprint density at radius 1 is 1.40 bits per heavy atom. The van der Waals surface area contributed by atoms with Crippen LogP contribution in [-0.4, -0.2) is 53.7 Å². The zero-order valence-corrected chi connectivity index (χ0v) is 13.0. The third-order valence-electron chi connectivity index (χ3n) is 4.36. The quantitative estimate of drug-likeness (QED) is 0.900. The number of nitrogens with two attached hydrogens (primary N) is 1. The van der Waals surface area contributed by atoms with E-state index < -0.39 is 0 Å². The van der Waals surface area contributed by atoms with Crippen molar-refractivity contribution in [3.63, 3.8) is 0 Å². The van der Waals surface area contributed by atoms with E-state index in [2.05, 4.69) is 47.9 Å². The van der Waals surface area contributed by atoms with Gasteiger partial charge in [0.25, 0.3) is 0 Å². The van der Waals surface area contributed by atoms with Crippen LogP contribution in [0.25, 0.3) is 0 Å². The second-order valence-electron chi connectivity index (χ2n) is 6.01. The maximum absolute atomic E-state index is 6.16. The second-order valence-corrected chi connectivity index (χ2v) is 6.01. The van der Waals surface area contributed by atoms with Crippen LogP contribution < -0.4 is 5.73 Å². The number of nitrogens with zero attached hydrogens (tertiary/aromatic N) is 4. The van der Waals surface area contributed by atoms with Crippen LogP contribution in [0, 0.1) is 5.92 Å². The summed E-state index contributed by atoms with van der Waals surface area (Å²) in [4.78, 5) is 9.18. The molecule has 0 bridgehead atoms. The molecular weight excluding hydrogens is 254 g/mol. The van der Waals surface area contributed by atoms with Gasteiger partial charge in [0.2, 0.25) is 5.89 Å². The first-order valence-electron chi connectivity index (χ1n) is 7.50. The fourth-order valence-corrected chi connectivity index (χ4v) is 2.57. The van der Waals surface area contributed by atoms with Crippen molar-refractivity contribution >= 4 is 0 Å². The van der Waals surface area contributed by atoms with Gasteiger partial charge in [0.1, 0.15) is 0 Å². The molecule has 0 radical (unpaired) electrons. The van der Waals surface area contributed by atoms with Crippen molar-refractivity contribution in [2.24, 2.45) is 11.7 Å². The summed E-state index contributed by atoms with van der Waals surface area (Å²) in [6.07, 6.45) is 2.17. The van der Waals surface area contributed by atoms with Crippen molar-refractivity contribution in [3.05, 3.63) is 11.7 Å². The van der Waals surface area contributed by atoms with Crippen LogP contribution in [0.3, 0.4) is 0 Å². The second kappa shape index (κ2) is 6.65. The van der Waals surface area contributed by atoms with E-state index in [-0.39, 0.29) is 12.1 Å². The lowest BCUT2D eigenvalue weighted by atomic mass is 10.0. The fourth-order valence-electron chi connectivity index (χ4n) is 2.57. The number of likely N-dealkylation sites (N-methyl/N-ethyl adjacent to an activating group) is 2. The number of rotatable bonds is 4. The van der Waals surface area contributed by atoms with Crippen LogP contribution in [0.5, 0.6) is 0 Å². The molecule has 0 saturated carbocycles. The molecule has 0 aliphatic carbocycles. The van der Waals surface area contributed by atoms with Crippen LogP contribution in [0.4, 0.5) is 0 Å². The Morgan fingerprint density at radius 3 is 2.85 bits per heavy atom. The molecule has 0 amide bonds. The van der Waals surface area contributed by atoms with Gasteiger partial charge >= 0.3 is 0 Å². The molecular formula is C14H27N5O. The molecule has 0 aromatic carbocycles. The highest BCUT2D eigenvalue weighted by molar-refractivity contribution is 5.00. The summed E-state index contributed by atoms with van der Waals surface area (Å²) in [5, 5.41) is 4.17. The van der Waals surface area contributed by atoms with Gasteiger partial charge in [0.15, 0.2) is 5.82 Å². The fraction of sp³-hybridized carbons (Fsp3) is 0.857. The maximum atomic E-state index is 6.16. The molecule has 2 heterocycles. The Morgan fingerprint density at radius 2 is 2.15 bits per heavy atom. The van der Waals surface area contributed by atoms with Gasteiger partial charge in [-0.2, -0.15) is 4.98 Å². The first-order chi connectivity index (χ1) is 9.52.